The summed E-state index contributed by atoms with van der Waals surface area (Å²) in [5.74, 6) is 0.773. The van der Waals surface area contributed by atoms with E-state index in [-0.39, 0.29) is 29.6 Å². The second-order valence-electron chi connectivity index (χ2n) is 10.7. The lowest BCUT2D eigenvalue weighted by Crippen LogP contribution is -2.47. The number of nitrogens with zero attached hydrogens (tertiary/aromatic N) is 3. The molecule has 204 valence electrons. The summed E-state index contributed by atoms with van der Waals surface area (Å²) >= 11 is 0. The van der Waals surface area contributed by atoms with Crippen molar-refractivity contribution in [3.05, 3.63) is 78.2 Å². The molecule has 0 radical (unpaired) electrons. The van der Waals surface area contributed by atoms with E-state index in [0.29, 0.717) is 36.7 Å². The van der Waals surface area contributed by atoms with E-state index in [0.717, 1.165) is 55.4 Å². The molecule has 3 heterocycles. The Hall–Kier alpha value is -3.49. The van der Waals surface area contributed by atoms with Gasteiger partial charge < -0.3 is 23.9 Å². The van der Waals surface area contributed by atoms with Crippen LogP contribution in [0.4, 0.5) is 4.39 Å². The molecule has 0 unspecified atom stereocenters. The molecule has 6 rings (SSSR count). The first-order valence-corrected chi connectivity index (χ1v) is 13.9. The number of aryl methyl sites for hydroxylation is 1. The number of fused-ring (bicyclic) bond motifs is 1. The second kappa shape index (κ2) is 11.3. The molecule has 39 heavy (non-hydrogen) atoms. The molecule has 2 aromatic carbocycles. The van der Waals surface area contributed by atoms with Crippen molar-refractivity contribution in [1.82, 2.24) is 19.8 Å². The van der Waals surface area contributed by atoms with Gasteiger partial charge in [0.1, 0.15) is 5.82 Å². The Morgan fingerprint density at radius 3 is 2.82 bits per heavy atom. The zero-order valence-electron chi connectivity index (χ0n) is 22.3. The first-order valence-electron chi connectivity index (χ1n) is 13.9. The maximum Gasteiger partial charge on any atom is 0.228 e. The zero-order valence-corrected chi connectivity index (χ0v) is 22.3. The van der Waals surface area contributed by atoms with Gasteiger partial charge in [-0.3, -0.25) is 4.79 Å². The molecule has 2 fully saturated rings. The third kappa shape index (κ3) is 5.36. The lowest BCUT2D eigenvalue weighted by molar-refractivity contribution is -0.138. The van der Waals surface area contributed by atoms with E-state index in [9.17, 15) is 4.79 Å². The van der Waals surface area contributed by atoms with Crippen LogP contribution in [0.1, 0.15) is 43.1 Å². The molecule has 1 saturated carbocycles. The van der Waals surface area contributed by atoms with Gasteiger partial charge >= 0.3 is 0 Å². The summed E-state index contributed by atoms with van der Waals surface area (Å²) < 4.78 is 28.7. The van der Waals surface area contributed by atoms with Crippen LogP contribution in [0.2, 0.25) is 0 Å². The highest BCUT2D eigenvalue weighted by Gasteiger charge is 2.42. The molecule has 2 aromatic heterocycles. The quantitative estimate of drug-likeness (QED) is 0.280. The van der Waals surface area contributed by atoms with Gasteiger partial charge in [0.05, 0.1) is 17.6 Å². The number of oxazole rings is 1. The first kappa shape index (κ1) is 25.8. The van der Waals surface area contributed by atoms with E-state index in [1.165, 1.54) is 6.07 Å². The number of piperidine rings is 1. The van der Waals surface area contributed by atoms with Crippen molar-refractivity contribution in [1.29, 1.82) is 0 Å². The molecule has 1 saturated heterocycles. The van der Waals surface area contributed by atoms with Crippen molar-refractivity contribution in [2.24, 2.45) is 5.92 Å². The van der Waals surface area contributed by atoms with Crippen molar-refractivity contribution in [2.45, 2.75) is 50.7 Å². The molecule has 0 bridgehead atoms. The van der Waals surface area contributed by atoms with E-state index in [1.54, 1.807) is 19.4 Å². The molecule has 1 amide bonds. The molecule has 2 aliphatic rings. The van der Waals surface area contributed by atoms with Crippen LogP contribution in [0, 0.1) is 11.7 Å². The van der Waals surface area contributed by atoms with Crippen LogP contribution in [0.5, 0.6) is 0 Å². The number of amides is 1. The maximum atomic E-state index is 15.1. The predicted octanol–water partition coefficient (Wildman–Crippen LogP) is 5.36. The van der Waals surface area contributed by atoms with Crippen molar-refractivity contribution in [2.75, 3.05) is 26.8 Å². The fraction of sp³-hybridized carbons (Fsp3) is 0.419. The highest BCUT2D eigenvalue weighted by atomic mass is 19.1. The molecule has 7 nitrogen and oxygen atoms in total. The summed E-state index contributed by atoms with van der Waals surface area (Å²) in [7, 11) is 1.69. The van der Waals surface area contributed by atoms with E-state index in [2.05, 4.69) is 14.9 Å². The van der Waals surface area contributed by atoms with Gasteiger partial charge in [-0.05, 0) is 49.9 Å². The molecule has 1 aliphatic heterocycles. The smallest absolute Gasteiger partial charge is 0.228 e. The molecular formula is C31H35FN4O3. The third-order valence-corrected chi connectivity index (χ3v) is 7.99. The van der Waals surface area contributed by atoms with E-state index in [1.807, 2.05) is 47.5 Å². The maximum absolute atomic E-state index is 15.1. The standard InChI is InChI=1S/C31H35FN4O3/c1-38-16-6-15-35-19-22(29-26(32)9-5-10-27(29)35)20-36(23-11-12-23)31(37)25-17-33-14-13-24(25)30-34-18-28(39-30)21-7-3-2-4-8-21/h2-5,7-10,18-19,23-25,33H,6,11-17,20H2,1H3/t24-,25-/m0/s1. The number of hydrogen-bond acceptors (Lipinski definition) is 5. The van der Waals surface area contributed by atoms with Crippen LogP contribution in [-0.4, -0.2) is 53.2 Å². The summed E-state index contributed by atoms with van der Waals surface area (Å²) in [5.41, 5.74) is 2.68. The van der Waals surface area contributed by atoms with Crippen LogP contribution in [0.3, 0.4) is 0 Å². The molecule has 1 aliphatic carbocycles. The number of nitrogens with one attached hydrogen (secondary N) is 1. The van der Waals surface area contributed by atoms with Crippen LogP contribution >= 0.6 is 0 Å². The van der Waals surface area contributed by atoms with Crippen molar-refractivity contribution in [3.8, 4) is 11.3 Å². The number of aromatic nitrogens is 2. The van der Waals surface area contributed by atoms with Gasteiger partial charge in [0.25, 0.3) is 0 Å². The fourth-order valence-electron chi connectivity index (χ4n) is 5.85. The fourth-order valence-corrected chi connectivity index (χ4v) is 5.85. The Morgan fingerprint density at radius 1 is 1.18 bits per heavy atom. The molecule has 2 atom stereocenters. The van der Waals surface area contributed by atoms with E-state index >= 15 is 4.39 Å². The highest BCUT2D eigenvalue weighted by molar-refractivity contribution is 5.86. The lowest BCUT2D eigenvalue weighted by atomic mass is 9.85. The Balaban J connectivity index is 1.27. The largest absolute Gasteiger partial charge is 0.440 e. The number of carbonyl (C=O) groups is 1. The Morgan fingerprint density at radius 2 is 2.03 bits per heavy atom. The van der Waals surface area contributed by atoms with Crippen molar-refractivity contribution < 1.29 is 18.3 Å². The van der Waals surface area contributed by atoms with E-state index in [4.69, 9.17) is 9.15 Å². The van der Waals surface area contributed by atoms with Crippen molar-refractivity contribution >= 4 is 16.8 Å². The number of carbonyl (C=O) groups excluding carboxylic acids is 1. The van der Waals surface area contributed by atoms with Gasteiger partial charge in [0, 0.05) is 62.5 Å². The summed E-state index contributed by atoms with van der Waals surface area (Å²) in [6.07, 6.45) is 7.33. The van der Waals surface area contributed by atoms with Gasteiger partial charge in [0.15, 0.2) is 11.7 Å². The normalized spacial score (nSPS) is 19.4. The second-order valence-corrected chi connectivity index (χ2v) is 10.7. The van der Waals surface area contributed by atoms with Crippen LogP contribution < -0.4 is 5.32 Å². The zero-order chi connectivity index (χ0) is 26.8. The Kier molecular flexibility index (Phi) is 7.48. The summed E-state index contributed by atoms with van der Waals surface area (Å²) in [6, 6.07) is 15.3. The average Bonchev–Trinajstić information content (AvgIpc) is 3.57. The van der Waals surface area contributed by atoms with Gasteiger partial charge in [-0.25, -0.2) is 9.37 Å². The van der Waals surface area contributed by atoms with Crippen LogP contribution in [-0.2, 0) is 22.6 Å². The highest BCUT2D eigenvalue weighted by Crippen LogP contribution is 2.38. The van der Waals surface area contributed by atoms with Crippen LogP contribution in [0.15, 0.2) is 65.3 Å². The number of methoxy groups -OCH3 is 1. The Bertz CT molecular complexity index is 1430. The number of halogens is 1. The molecule has 0 spiro atoms. The summed E-state index contributed by atoms with van der Waals surface area (Å²) in [5, 5.41) is 4.01. The topological polar surface area (TPSA) is 72.5 Å². The van der Waals surface area contributed by atoms with Gasteiger partial charge in [-0.15, -0.1) is 0 Å². The van der Waals surface area contributed by atoms with Gasteiger partial charge in [-0.1, -0.05) is 36.4 Å². The molecule has 1 N–H and O–H groups in total. The van der Waals surface area contributed by atoms with Crippen molar-refractivity contribution in [3.63, 3.8) is 0 Å². The number of rotatable bonds is 10. The number of ether oxygens (including phenoxy) is 1. The SMILES string of the molecule is COCCCn1cc(CN(C(=O)[C@H]2CNCC[C@@H]2c2ncc(-c3ccccc3)o2)C2CC2)c2c(F)cccc21. The minimum atomic E-state index is -0.290. The number of hydrogen-bond donors (Lipinski definition) is 1. The average molecular weight is 531 g/mol. The number of benzene rings is 2. The van der Waals surface area contributed by atoms with E-state index < -0.39 is 0 Å². The monoisotopic (exact) mass is 530 g/mol. The minimum absolute atomic E-state index is 0.0887. The molecular weight excluding hydrogens is 495 g/mol. The molecule has 8 heteroatoms. The molecule has 4 aromatic rings. The lowest BCUT2D eigenvalue weighted by Gasteiger charge is -2.34. The van der Waals surface area contributed by atoms with Gasteiger partial charge in [0.2, 0.25) is 5.91 Å². The minimum Gasteiger partial charge on any atom is -0.440 e. The first-order chi connectivity index (χ1) is 19.1. The summed E-state index contributed by atoms with van der Waals surface area (Å²) in [6.45, 7) is 3.14. The third-order valence-electron chi connectivity index (χ3n) is 7.99. The predicted molar refractivity (Wildman–Crippen MR) is 148 cm³/mol. The van der Waals surface area contributed by atoms with Crippen LogP contribution in [0.25, 0.3) is 22.2 Å². The van der Waals surface area contributed by atoms with Gasteiger partial charge in [-0.2, -0.15) is 0 Å². The summed E-state index contributed by atoms with van der Waals surface area (Å²) in [4.78, 5) is 20.8. The Labute approximate surface area is 228 Å².